The van der Waals surface area contributed by atoms with Crippen molar-refractivity contribution in [2.24, 2.45) is 5.92 Å². The molecule has 1 saturated carbocycles. The minimum absolute atomic E-state index is 0.312. The number of fused-ring (bicyclic) bond motifs is 1. The van der Waals surface area contributed by atoms with Crippen LogP contribution < -0.4 is 5.32 Å². The number of likely N-dealkylation sites (tertiary alicyclic amines) is 1. The molecule has 2 bridgehead atoms. The summed E-state index contributed by atoms with van der Waals surface area (Å²) in [6.07, 6.45) is 8.03. The molecule has 2 aliphatic carbocycles. The lowest BCUT2D eigenvalue weighted by molar-refractivity contribution is 0.00285. The number of rotatable bonds is 3. The third-order valence-corrected chi connectivity index (χ3v) is 6.86. The third-order valence-electron chi connectivity index (χ3n) is 6.86. The zero-order valence-electron chi connectivity index (χ0n) is 14.5. The van der Waals surface area contributed by atoms with E-state index in [0.717, 1.165) is 11.6 Å². The van der Waals surface area contributed by atoms with E-state index in [4.69, 9.17) is 0 Å². The molecule has 3 heteroatoms. The molecule has 2 fully saturated rings. The number of hydrogen-bond donors (Lipinski definition) is 1. The Morgan fingerprint density at radius 1 is 1.30 bits per heavy atom. The van der Waals surface area contributed by atoms with Gasteiger partial charge in [0.15, 0.2) is 0 Å². The van der Waals surface area contributed by atoms with Gasteiger partial charge in [-0.15, -0.1) is 0 Å². The highest BCUT2D eigenvalue weighted by atomic mass is 19.1. The number of nitrogens with zero attached hydrogens (tertiary/aromatic N) is 1. The molecule has 3 aliphatic rings. The van der Waals surface area contributed by atoms with Crippen LogP contribution in [0.2, 0.25) is 0 Å². The van der Waals surface area contributed by atoms with E-state index in [-0.39, 0.29) is 6.67 Å². The lowest BCUT2D eigenvalue weighted by Gasteiger charge is -2.58. The van der Waals surface area contributed by atoms with Crippen LogP contribution in [0.3, 0.4) is 0 Å². The van der Waals surface area contributed by atoms with Gasteiger partial charge in [-0.05, 0) is 74.9 Å². The van der Waals surface area contributed by atoms with Gasteiger partial charge in [-0.1, -0.05) is 18.9 Å². The van der Waals surface area contributed by atoms with Crippen LogP contribution in [0.15, 0.2) is 12.1 Å². The molecule has 1 heterocycles. The molecular weight excluding hydrogens is 287 g/mol. The second-order valence-corrected chi connectivity index (χ2v) is 7.95. The summed E-state index contributed by atoms with van der Waals surface area (Å²) in [5.41, 5.74) is 5.99. The zero-order chi connectivity index (χ0) is 16.0. The van der Waals surface area contributed by atoms with E-state index >= 15 is 0 Å². The summed E-state index contributed by atoms with van der Waals surface area (Å²) in [6.45, 7) is 3.52. The Kier molecular flexibility index (Phi) is 3.87. The SMILES string of the molecule is Cc1cc2c(cc1NCCF)C[C@H]1[C@@H]3CCCC[C@]23CCN1C. The highest BCUT2D eigenvalue weighted by Gasteiger charge is 2.53. The molecule has 1 N–H and O–H groups in total. The number of piperidine rings is 1. The van der Waals surface area contributed by atoms with Gasteiger partial charge in [-0.25, -0.2) is 4.39 Å². The van der Waals surface area contributed by atoms with Crippen molar-refractivity contribution in [3.05, 3.63) is 28.8 Å². The van der Waals surface area contributed by atoms with Crippen molar-refractivity contribution >= 4 is 5.69 Å². The minimum Gasteiger partial charge on any atom is -0.382 e. The van der Waals surface area contributed by atoms with Crippen LogP contribution in [0.4, 0.5) is 10.1 Å². The highest BCUT2D eigenvalue weighted by Crippen LogP contribution is 2.56. The first-order chi connectivity index (χ1) is 11.2. The summed E-state index contributed by atoms with van der Waals surface area (Å²) in [5.74, 6) is 0.839. The van der Waals surface area contributed by atoms with Crippen LogP contribution in [0, 0.1) is 12.8 Å². The monoisotopic (exact) mass is 316 g/mol. The van der Waals surface area contributed by atoms with E-state index in [0.29, 0.717) is 18.0 Å². The minimum atomic E-state index is -0.312. The second-order valence-electron chi connectivity index (χ2n) is 7.95. The number of anilines is 1. The number of benzene rings is 1. The lowest BCUT2D eigenvalue weighted by Crippen LogP contribution is -2.59. The maximum Gasteiger partial charge on any atom is 0.107 e. The molecule has 1 aromatic rings. The molecule has 4 rings (SSSR count). The zero-order valence-corrected chi connectivity index (χ0v) is 14.5. The average molecular weight is 316 g/mol. The van der Waals surface area contributed by atoms with E-state index in [1.54, 1.807) is 5.56 Å². The standard InChI is InChI=1S/C20H29FN2/c1-14-11-17-15(12-18(14)22-9-8-21)13-19-16-5-3-4-6-20(16,17)7-10-23(19)2/h11-12,16,19,22H,3-10,13H2,1-2H3/t16-,19-,20+/m0/s1. The van der Waals surface area contributed by atoms with Crippen molar-refractivity contribution in [1.82, 2.24) is 4.90 Å². The topological polar surface area (TPSA) is 15.3 Å². The van der Waals surface area contributed by atoms with E-state index in [1.165, 1.54) is 56.2 Å². The molecule has 2 nitrogen and oxygen atoms in total. The molecule has 0 radical (unpaired) electrons. The summed E-state index contributed by atoms with van der Waals surface area (Å²) in [4.78, 5) is 2.60. The summed E-state index contributed by atoms with van der Waals surface area (Å²) in [5, 5.41) is 3.27. The molecule has 1 aromatic carbocycles. The molecule has 23 heavy (non-hydrogen) atoms. The number of alkyl halides is 1. The van der Waals surface area contributed by atoms with Gasteiger partial charge in [0, 0.05) is 23.7 Å². The number of halogens is 1. The Morgan fingerprint density at radius 3 is 3.00 bits per heavy atom. The van der Waals surface area contributed by atoms with Crippen molar-refractivity contribution < 1.29 is 4.39 Å². The Balaban J connectivity index is 1.79. The maximum atomic E-state index is 12.5. The Labute approximate surface area is 139 Å². The van der Waals surface area contributed by atoms with Crippen LogP contribution in [-0.2, 0) is 11.8 Å². The summed E-state index contributed by atoms with van der Waals surface area (Å²) >= 11 is 0. The van der Waals surface area contributed by atoms with Gasteiger partial charge in [0.2, 0.25) is 0 Å². The average Bonchev–Trinajstić information content (AvgIpc) is 2.57. The van der Waals surface area contributed by atoms with Crippen molar-refractivity contribution in [3.63, 3.8) is 0 Å². The van der Waals surface area contributed by atoms with Crippen molar-refractivity contribution in [2.75, 3.05) is 32.1 Å². The second kappa shape index (κ2) is 5.77. The van der Waals surface area contributed by atoms with Crippen molar-refractivity contribution in [1.29, 1.82) is 0 Å². The molecule has 0 spiro atoms. The first-order valence-corrected chi connectivity index (χ1v) is 9.30. The van der Waals surface area contributed by atoms with E-state index in [1.807, 2.05) is 0 Å². The van der Waals surface area contributed by atoms with Crippen molar-refractivity contribution in [2.45, 2.75) is 56.9 Å². The van der Waals surface area contributed by atoms with Gasteiger partial charge >= 0.3 is 0 Å². The first kappa shape index (κ1) is 15.4. The largest absolute Gasteiger partial charge is 0.382 e. The van der Waals surface area contributed by atoms with Gasteiger partial charge in [-0.2, -0.15) is 0 Å². The maximum absolute atomic E-state index is 12.5. The van der Waals surface area contributed by atoms with E-state index in [9.17, 15) is 4.39 Å². The van der Waals surface area contributed by atoms with Crippen LogP contribution in [0.1, 0.15) is 48.8 Å². The predicted octanol–water partition coefficient (Wildman–Crippen LogP) is 4.06. The van der Waals surface area contributed by atoms with Gasteiger partial charge in [-0.3, -0.25) is 0 Å². The number of nitrogens with one attached hydrogen (secondary N) is 1. The van der Waals surface area contributed by atoms with E-state index in [2.05, 4.69) is 36.3 Å². The normalized spacial score (nSPS) is 33.0. The summed E-state index contributed by atoms with van der Waals surface area (Å²) in [7, 11) is 2.31. The lowest BCUT2D eigenvalue weighted by atomic mass is 9.52. The first-order valence-electron chi connectivity index (χ1n) is 9.30. The van der Waals surface area contributed by atoms with Gasteiger partial charge in [0.05, 0.1) is 0 Å². The molecule has 3 atom stereocenters. The Bertz CT molecular complexity index is 600. The quantitative estimate of drug-likeness (QED) is 0.904. The fraction of sp³-hybridized carbons (Fsp3) is 0.700. The van der Waals surface area contributed by atoms with Gasteiger partial charge in [0.25, 0.3) is 0 Å². The number of hydrogen-bond acceptors (Lipinski definition) is 2. The number of aryl methyl sites for hydroxylation is 1. The van der Waals surface area contributed by atoms with Gasteiger partial charge < -0.3 is 10.2 Å². The Hall–Kier alpha value is -1.09. The smallest absolute Gasteiger partial charge is 0.107 e. The molecule has 1 saturated heterocycles. The fourth-order valence-electron chi connectivity index (χ4n) is 5.74. The molecule has 1 aliphatic heterocycles. The summed E-state index contributed by atoms with van der Waals surface area (Å²) < 4.78 is 12.5. The van der Waals surface area contributed by atoms with Gasteiger partial charge in [0.1, 0.15) is 6.67 Å². The number of likely N-dealkylation sites (N-methyl/N-ethyl adjacent to an activating group) is 1. The van der Waals surface area contributed by atoms with Crippen LogP contribution >= 0.6 is 0 Å². The Morgan fingerprint density at radius 2 is 2.17 bits per heavy atom. The molecule has 0 unspecified atom stereocenters. The fourth-order valence-corrected chi connectivity index (χ4v) is 5.74. The molecule has 0 aromatic heterocycles. The van der Waals surface area contributed by atoms with Crippen molar-refractivity contribution in [3.8, 4) is 0 Å². The van der Waals surface area contributed by atoms with Crippen LogP contribution in [0.25, 0.3) is 0 Å². The molecular formula is C20H29FN2. The van der Waals surface area contributed by atoms with Crippen LogP contribution in [0.5, 0.6) is 0 Å². The van der Waals surface area contributed by atoms with Crippen LogP contribution in [-0.4, -0.2) is 37.8 Å². The third kappa shape index (κ3) is 2.31. The highest BCUT2D eigenvalue weighted by molar-refractivity contribution is 5.58. The molecule has 0 amide bonds. The predicted molar refractivity (Wildman–Crippen MR) is 94.0 cm³/mol. The summed E-state index contributed by atoms with van der Waals surface area (Å²) in [6, 6.07) is 5.47. The molecule has 126 valence electrons. The van der Waals surface area contributed by atoms with E-state index < -0.39 is 0 Å².